The second-order valence-corrected chi connectivity index (χ2v) is 7.68. The molecule has 1 aromatic heterocycles. The molecule has 0 radical (unpaired) electrons. The smallest absolute Gasteiger partial charge is 0.416 e. The summed E-state index contributed by atoms with van der Waals surface area (Å²) in [5.74, 6) is 0.643. The van der Waals surface area contributed by atoms with Crippen LogP contribution in [-0.2, 0) is 4.74 Å². The van der Waals surface area contributed by atoms with E-state index < -0.39 is 5.60 Å². The number of nitrogens with zero attached hydrogens (tertiary/aromatic N) is 3. The van der Waals surface area contributed by atoms with Gasteiger partial charge in [-0.25, -0.2) is 9.78 Å². The average molecular weight is 333 g/mol. The summed E-state index contributed by atoms with van der Waals surface area (Å²) in [6.07, 6.45) is 3.97. The minimum atomic E-state index is -0.518. The molecule has 0 aliphatic carbocycles. The minimum Gasteiger partial charge on any atom is -0.443 e. The standard InChI is InChI=1S/C19H31N3O2/c1-7-21-12-8-9-16(21)15-10-11-17(20-13-15)22(14(2)3)18(23)24-19(4,5)6/h10-11,13-14,16H,7-9,12H2,1-6H3/t16-/m0/s1. The highest BCUT2D eigenvalue weighted by Gasteiger charge is 2.28. The molecule has 1 fully saturated rings. The summed E-state index contributed by atoms with van der Waals surface area (Å²) in [4.78, 5) is 21.1. The lowest BCUT2D eigenvalue weighted by molar-refractivity contribution is 0.0569. The van der Waals surface area contributed by atoms with Crippen LogP contribution < -0.4 is 4.90 Å². The fourth-order valence-corrected chi connectivity index (χ4v) is 3.20. The summed E-state index contributed by atoms with van der Waals surface area (Å²) in [6, 6.07) is 4.47. The maximum Gasteiger partial charge on any atom is 0.416 e. The molecule has 2 heterocycles. The monoisotopic (exact) mass is 333 g/mol. The first-order chi connectivity index (χ1) is 11.2. The van der Waals surface area contributed by atoms with E-state index in [1.54, 1.807) is 4.90 Å². The molecule has 1 saturated heterocycles. The van der Waals surface area contributed by atoms with Gasteiger partial charge >= 0.3 is 6.09 Å². The minimum absolute atomic E-state index is 0.0168. The number of ether oxygens (including phenoxy) is 1. The molecule has 1 aliphatic rings. The molecule has 0 N–H and O–H groups in total. The van der Waals surface area contributed by atoms with E-state index in [2.05, 4.69) is 22.9 Å². The number of likely N-dealkylation sites (tertiary alicyclic amines) is 1. The van der Waals surface area contributed by atoms with Gasteiger partial charge in [-0.15, -0.1) is 0 Å². The van der Waals surface area contributed by atoms with Gasteiger partial charge in [0.2, 0.25) is 0 Å². The van der Waals surface area contributed by atoms with Gasteiger partial charge in [0.1, 0.15) is 11.4 Å². The van der Waals surface area contributed by atoms with Crippen molar-refractivity contribution < 1.29 is 9.53 Å². The van der Waals surface area contributed by atoms with Crippen molar-refractivity contribution in [3.8, 4) is 0 Å². The van der Waals surface area contributed by atoms with Gasteiger partial charge < -0.3 is 4.74 Å². The van der Waals surface area contributed by atoms with Gasteiger partial charge in [-0.1, -0.05) is 13.0 Å². The van der Waals surface area contributed by atoms with Crippen LogP contribution in [0.4, 0.5) is 10.6 Å². The summed E-state index contributed by atoms with van der Waals surface area (Å²) >= 11 is 0. The summed E-state index contributed by atoms with van der Waals surface area (Å²) in [5, 5.41) is 0. The van der Waals surface area contributed by atoms with Crippen molar-refractivity contribution >= 4 is 11.9 Å². The van der Waals surface area contributed by atoms with Crippen molar-refractivity contribution in [1.82, 2.24) is 9.88 Å². The van der Waals surface area contributed by atoms with Gasteiger partial charge in [0.15, 0.2) is 0 Å². The summed E-state index contributed by atoms with van der Waals surface area (Å²) < 4.78 is 5.52. The Morgan fingerprint density at radius 2 is 2.12 bits per heavy atom. The maximum atomic E-state index is 12.5. The van der Waals surface area contributed by atoms with Gasteiger partial charge in [0, 0.05) is 18.3 Å². The Bertz CT molecular complexity index is 549. The lowest BCUT2D eigenvalue weighted by Gasteiger charge is -2.29. The molecule has 5 nitrogen and oxygen atoms in total. The normalized spacial score (nSPS) is 18.9. The van der Waals surface area contributed by atoms with Crippen LogP contribution in [0.3, 0.4) is 0 Å². The number of rotatable bonds is 4. The lowest BCUT2D eigenvalue weighted by atomic mass is 10.1. The van der Waals surface area contributed by atoms with Crippen molar-refractivity contribution in [2.24, 2.45) is 0 Å². The van der Waals surface area contributed by atoms with Gasteiger partial charge in [0.25, 0.3) is 0 Å². The summed E-state index contributed by atoms with van der Waals surface area (Å²) in [5.41, 5.74) is 0.710. The van der Waals surface area contributed by atoms with E-state index in [1.807, 2.05) is 46.9 Å². The van der Waals surface area contributed by atoms with E-state index in [4.69, 9.17) is 4.74 Å². The number of hydrogen-bond donors (Lipinski definition) is 0. The number of pyridine rings is 1. The van der Waals surface area contributed by atoms with Gasteiger partial charge in [-0.3, -0.25) is 9.80 Å². The zero-order valence-corrected chi connectivity index (χ0v) is 15.9. The van der Waals surface area contributed by atoms with Gasteiger partial charge in [-0.05, 0) is 72.2 Å². The fourth-order valence-electron chi connectivity index (χ4n) is 3.20. The van der Waals surface area contributed by atoms with Crippen LogP contribution in [0.25, 0.3) is 0 Å². The number of hydrogen-bond acceptors (Lipinski definition) is 4. The van der Waals surface area contributed by atoms with Crippen molar-refractivity contribution in [3.63, 3.8) is 0 Å². The highest BCUT2D eigenvalue weighted by molar-refractivity contribution is 5.87. The molecule has 1 aliphatic heterocycles. The van der Waals surface area contributed by atoms with Crippen LogP contribution >= 0.6 is 0 Å². The highest BCUT2D eigenvalue weighted by Crippen LogP contribution is 2.32. The first-order valence-electron chi connectivity index (χ1n) is 8.95. The zero-order valence-electron chi connectivity index (χ0n) is 15.9. The number of anilines is 1. The molecule has 0 spiro atoms. The van der Waals surface area contributed by atoms with Gasteiger partial charge in [-0.2, -0.15) is 0 Å². The van der Waals surface area contributed by atoms with E-state index in [1.165, 1.54) is 18.4 Å². The Balaban J connectivity index is 2.18. The molecule has 1 amide bonds. The van der Waals surface area contributed by atoms with E-state index >= 15 is 0 Å². The van der Waals surface area contributed by atoms with Crippen molar-refractivity contribution in [2.45, 2.75) is 72.1 Å². The third-order valence-corrected chi connectivity index (χ3v) is 4.28. The van der Waals surface area contributed by atoms with E-state index in [0.717, 1.165) is 13.1 Å². The van der Waals surface area contributed by atoms with Crippen LogP contribution in [0, 0.1) is 0 Å². The number of aromatic nitrogens is 1. The third kappa shape index (κ3) is 4.47. The fraction of sp³-hybridized carbons (Fsp3) is 0.684. The van der Waals surface area contributed by atoms with Crippen LogP contribution in [0.2, 0.25) is 0 Å². The molecule has 1 aromatic rings. The molecule has 134 valence electrons. The second kappa shape index (κ2) is 7.51. The van der Waals surface area contributed by atoms with Crippen LogP contribution in [0.15, 0.2) is 18.3 Å². The zero-order chi connectivity index (χ0) is 17.9. The van der Waals surface area contributed by atoms with E-state index in [0.29, 0.717) is 11.9 Å². The summed E-state index contributed by atoms with van der Waals surface area (Å²) in [6.45, 7) is 14.0. The highest BCUT2D eigenvalue weighted by atomic mass is 16.6. The Morgan fingerprint density at radius 3 is 2.62 bits per heavy atom. The van der Waals surface area contributed by atoms with Gasteiger partial charge in [0.05, 0.1) is 0 Å². The van der Waals surface area contributed by atoms with Crippen molar-refractivity contribution in [1.29, 1.82) is 0 Å². The molecule has 0 bridgehead atoms. The lowest BCUT2D eigenvalue weighted by Crippen LogP contribution is -2.41. The molecule has 24 heavy (non-hydrogen) atoms. The predicted octanol–water partition coefficient (Wildman–Crippen LogP) is 4.39. The van der Waals surface area contributed by atoms with Crippen molar-refractivity contribution in [3.05, 3.63) is 23.9 Å². The van der Waals surface area contributed by atoms with E-state index in [-0.39, 0.29) is 12.1 Å². The predicted molar refractivity (Wildman–Crippen MR) is 97.3 cm³/mol. The number of carbonyl (C=O) groups excluding carboxylic acids is 1. The van der Waals surface area contributed by atoms with E-state index in [9.17, 15) is 4.79 Å². The van der Waals surface area contributed by atoms with Crippen LogP contribution in [-0.4, -0.2) is 40.7 Å². The quantitative estimate of drug-likeness (QED) is 0.820. The molecule has 0 unspecified atom stereocenters. The largest absolute Gasteiger partial charge is 0.443 e. The number of carbonyl (C=O) groups is 1. The Hall–Kier alpha value is -1.62. The molecule has 5 heteroatoms. The maximum absolute atomic E-state index is 12.5. The molecular formula is C19H31N3O2. The topological polar surface area (TPSA) is 45.7 Å². The Morgan fingerprint density at radius 1 is 1.42 bits per heavy atom. The Kier molecular flexibility index (Phi) is 5.86. The first kappa shape index (κ1) is 18.7. The molecule has 2 rings (SSSR count). The average Bonchev–Trinajstić information content (AvgIpc) is 2.94. The molecule has 1 atom stereocenters. The summed E-state index contributed by atoms with van der Waals surface area (Å²) in [7, 11) is 0. The molecule has 0 saturated carbocycles. The molecule has 0 aromatic carbocycles. The van der Waals surface area contributed by atoms with Crippen LogP contribution in [0.1, 0.15) is 66.0 Å². The number of amides is 1. The third-order valence-electron chi connectivity index (χ3n) is 4.28. The first-order valence-corrected chi connectivity index (χ1v) is 8.95. The van der Waals surface area contributed by atoms with Crippen molar-refractivity contribution in [2.75, 3.05) is 18.0 Å². The SMILES string of the molecule is CCN1CCC[C@H]1c1ccc(N(C(=O)OC(C)(C)C)C(C)C)nc1. The second-order valence-electron chi connectivity index (χ2n) is 7.68. The Labute approximate surface area is 146 Å². The van der Waals surface area contributed by atoms with Crippen LogP contribution in [0.5, 0.6) is 0 Å². The molecular weight excluding hydrogens is 302 g/mol.